The summed E-state index contributed by atoms with van der Waals surface area (Å²) in [4.78, 5) is 11.2. The normalized spacial score (nSPS) is 23.1. The fraction of sp³-hybridized carbons (Fsp3) is 0.353. The maximum absolute atomic E-state index is 4.91. The number of hydrogen-bond donors (Lipinski definition) is 1. The molecule has 1 N–H and O–H groups in total. The van der Waals surface area contributed by atoms with Gasteiger partial charge in [0.15, 0.2) is 5.65 Å². The zero-order chi connectivity index (χ0) is 15.4. The highest BCUT2D eigenvalue weighted by atomic mass is 15.4. The van der Waals surface area contributed by atoms with Crippen molar-refractivity contribution in [3.8, 4) is 11.3 Å². The second kappa shape index (κ2) is 4.76. The van der Waals surface area contributed by atoms with Crippen molar-refractivity contribution in [2.75, 3.05) is 18.0 Å². The Morgan fingerprint density at radius 2 is 2.04 bits per heavy atom. The maximum atomic E-state index is 4.91. The van der Waals surface area contributed by atoms with Crippen molar-refractivity contribution in [1.82, 2.24) is 24.9 Å². The van der Waals surface area contributed by atoms with Crippen LogP contribution < -0.4 is 10.2 Å². The number of pyridine rings is 1. The molecule has 0 radical (unpaired) electrons. The van der Waals surface area contributed by atoms with E-state index in [9.17, 15) is 0 Å². The summed E-state index contributed by atoms with van der Waals surface area (Å²) in [7, 11) is 0. The Morgan fingerprint density at radius 1 is 1.17 bits per heavy atom. The van der Waals surface area contributed by atoms with E-state index in [2.05, 4.69) is 32.3 Å². The number of anilines is 1. The van der Waals surface area contributed by atoms with Crippen molar-refractivity contribution in [2.24, 2.45) is 0 Å². The van der Waals surface area contributed by atoms with Gasteiger partial charge in [0.1, 0.15) is 5.82 Å². The number of hydrogen-bond acceptors (Lipinski definition) is 5. The van der Waals surface area contributed by atoms with E-state index in [0.717, 1.165) is 41.5 Å². The van der Waals surface area contributed by atoms with Crippen LogP contribution >= 0.6 is 0 Å². The summed E-state index contributed by atoms with van der Waals surface area (Å²) in [6, 6.07) is 9.36. The van der Waals surface area contributed by atoms with E-state index in [-0.39, 0.29) is 0 Å². The van der Waals surface area contributed by atoms with E-state index in [1.54, 1.807) is 0 Å². The number of aromatic nitrogens is 4. The van der Waals surface area contributed by atoms with Crippen LogP contribution in [0.5, 0.6) is 0 Å². The molecule has 3 aromatic heterocycles. The van der Waals surface area contributed by atoms with E-state index < -0.39 is 0 Å². The average molecular weight is 306 g/mol. The van der Waals surface area contributed by atoms with E-state index in [1.165, 1.54) is 6.42 Å². The summed E-state index contributed by atoms with van der Waals surface area (Å²) in [5.74, 6) is 1.04. The van der Waals surface area contributed by atoms with E-state index in [0.29, 0.717) is 12.1 Å². The molecule has 0 aliphatic carbocycles. The summed E-state index contributed by atoms with van der Waals surface area (Å²) in [5, 5.41) is 8.44. The highest BCUT2D eigenvalue weighted by Crippen LogP contribution is 2.30. The van der Waals surface area contributed by atoms with Gasteiger partial charge in [0.25, 0.3) is 0 Å². The first kappa shape index (κ1) is 13.0. The molecule has 0 spiro atoms. The van der Waals surface area contributed by atoms with Crippen LogP contribution in [0.1, 0.15) is 12.1 Å². The Morgan fingerprint density at radius 3 is 2.78 bits per heavy atom. The molecule has 2 fully saturated rings. The summed E-state index contributed by atoms with van der Waals surface area (Å²) in [6.07, 6.45) is 4.84. The van der Waals surface area contributed by atoms with Gasteiger partial charge in [-0.15, -0.1) is 5.10 Å². The highest BCUT2D eigenvalue weighted by molar-refractivity contribution is 5.66. The monoisotopic (exact) mass is 306 g/mol. The van der Waals surface area contributed by atoms with Gasteiger partial charge < -0.3 is 10.2 Å². The van der Waals surface area contributed by atoms with Gasteiger partial charge in [-0.3, -0.25) is 4.98 Å². The molecule has 6 heteroatoms. The SMILES string of the molecule is Cc1nc2ccc(N3C[C@@H]4C[C@H]3CN4)nn2c1-c1ccncc1. The van der Waals surface area contributed by atoms with Crippen LogP contribution in [0.15, 0.2) is 36.7 Å². The van der Waals surface area contributed by atoms with Gasteiger partial charge in [-0.25, -0.2) is 9.50 Å². The van der Waals surface area contributed by atoms with Crippen molar-refractivity contribution in [3.63, 3.8) is 0 Å². The van der Waals surface area contributed by atoms with Crippen molar-refractivity contribution >= 4 is 11.5 Å². The molecule has 2 atom stereocenters. The standard InChI is InChI=1S/C17H18N6/c1-11-17(12-4-6-18-7-5-12)23-15(20-11)2-3-16(21-23)22-10-13-8-14(22)9-19-13/h2-7,13-14,19H,8-10H2,1H3/t13-,14-/m0/s1. The Labute approximate surface area is 134 Å². The van der Waals surface area contributed by atoms with Crippen LogP contribution in [0, 0.1) is 6.92 Å². The number of fused-ring (bicyclic) bond motifs is 3. The minimum Gasteiger partial charge on any atom is -0.349 e. The molecule has 2 bridgehead atoms. The fourth-order valence-corrected chi connectivity index (χ4v) is 3.87. The van der Waals surface area contributed by atoms with Gasteiger partial charge >= 0.3 is 0 Å². The summed E-state index contributed by atoms with van der Waals surface area (Å²) < 4.78 is 1.97. The molecule has 23 heavy (non-hydrogen) atoms. The molecule has 0 aromatic carbocycles. The number of nitrogens with one attached hydrogen (secondary N) is 1. The first-order valence-corrected chi connectivity index (χ1v) is 8.06. The average Bonchev–Trinajstić information content (AvgIpc) is 3.28. The second-order valence-corrected chi connectivity index (χ2v) is 6.39. The maximum Gasteiger partial charge on any atom is 0.154 e. The van der Waals surface area contributed by atoms with Gasteiger partial charge in [-0.1, -0.05) is 0 Å². The molecule has 0 amide bonds. The van der Waals surface area contributed by atoms with Crippen molar-refractivity contribution in [3.05, 3.63) is 42.4 Å². The Hall–Kier alpha value is -2.47. The van der Waals surface area contributed by atoms with Crippen LogP contribution in [0.2, 0.25) is 0 Å². The molecule has 5 heterocycles. The van der Waals surface area contributed by atoms with E-state index in [4.69, 9.17) is 5.10 Å². The number of aryl methyl sites for hydroxylation is 1. The van der Waals surface area contributed by atoms with Crippen LogP contribution in [0.3, 0.4) is 0 Å². The molecule has 5 rings (SSSR count). The fourth-order valence-electron chi connectivity index (χ4n) is 3.87. The van der Waals surface area contributed by atoms with Gasteiger partial charge in [0, 0.05) is 43.1 Å². The first-order chi connectivity index (χ1) is 11.3. The quantitative estimate of drug-likeness (QED) is 0.780. The van der Waals surface area contributed by atoms with Crippen LogP contribution in [-0.2, 0) is 0 Å². The lowest BCUT2D eigenvalue weighted by Crippen LogP contribution is -2.44. The lowest BCUT2D eigenvalue weighted by atomic mass is 10.2. The Kier molecular flexibility index (Phi) is 2.69. The zero-order valence-corrected chi connectivity index (χ0v) is 13.0. The first-order valence-electron chi connectivity index (χ1n) is 8.06. The molecule has 0 unspecified atom stereocenters. The third-order valence-corrected chi connectivity index (χ3v) is 4.94. The lowest BCUT2D eigenvalue weighted by Gasteiger charge is -2.28. The van der Waals surface area contributed by atoms with Crippen LogP contribution in [0.25, 0.3) is 16.9 Å². The number of piperazine rings is 1. The van der Waals surface area contributed by atoms with Crippen LogP contribution in [-0.4, -0.2) is 44.8 Å². The molecular formula is C17H18N6. The summed E-state index contributed by atoms with van der Waals surface area (Å²) in [6.45, 7) is 4.14. The van der Waals surface area contributed by atoms with Crippen molar-refractivity contribution < 1.29 is 0 Å². The van der Waals surface area contributed by atoms with Crippen molar-refractivity contribution in [2.45, 2.75) is 25.4 Å². The highest BCUT2D eigenvalue weighted by Gasteiger charge is 2.38. The summed E-state index contributed by atoms with van der Waals surface area (Å²) >= 11 is 0. The van der Waals surface area contributed by atoms with Gasteiger partial charge in [0.2, 0.25) is 0 Å². The molecule has 2 aliphatic rings. The molecule has 3 aromatic rings. The van der Waals surface area contributed by atoms with E-state index in [1.807, 2.05) is 36.0 Å². The van der Waals surface area contributed by atoms with Crippen LogP contribution in [0.4, 0.5) is 5.82 Å². The minimum absolute atomic E-state index is 0.568. The summed E-state index contributed by atoms with van der Waals surface area (Å²) in [5.41, 5.74) is 4.02. The third-order valence-electron chi connectivity index (χ3n) is 4.94. The molecule has 2 aliphatic heterocycles. The number of imidazole rings is 1. The minimum atomic E-state index is 0.568. The predicted molar refractivity (Wildman–Crippen MR) is 88.5 cm³/mol. The Balaban J connectivity index is 1.65. The number of rotatable bonds is 2. The Bertz CT molecular complexity index is 871. The molecule has 6 nitrogen and oxygen atoms in total. The topological polar surface area (TPSA) is 58.4 Å². The lowest BCUT2D eigenvalue weighted by molar-refractivity contribution is 0.573. The molecule has 2 saturated heterocycles. The smallest absolute Gasteiger partial charge is 0.154 e. The van der Waals surface area contributed by atoms with Crippen molar-refractivity contribution in [1.29, 1.82) is 0 Å². The second-order valence-electron chi connectivity index (χ2n) is 6.39. The molecule has 0 saturated carbocycles. The number of nitrogens with zero attached hydrogens (tertiary/aromatic N) is 5. The molecular weight excluding hydrogens is 288 g/mol. The van der Waals surface area contributed by atoms with Gasteiger partial charge in [0.05, 0.1) is 11.4 Å². The largest absolute Gasteiger partial charge is 0.349 e. The van der Waals surface area contributed by atoms with Gasteiger partial charge in [-0.05, 0) is 37.6 Å². The third kappa shape index (κ3) is 1.95. The van der Waals surface area contributed by atoms with E-state index >= 15 is 0 Å². The van der Waals surface area contributed by atoms with Gasteiger partial charge in [-0.2, -0.15) is 0 Å². The molecule has 116 valence electrons. The predicted octanol–water partition coefficient (Wildman–Crippen LogP) is 1.65. The zero-order valence-electron chi connectivity index (χ0n) is 13.0.